The van der Waals surface area contributed by atoms with Crippen molar-refractivity contribution < 1.29 is 9.84 Å². The van der Waals surface area contributed by atoms with Crippen LogP contribution < -0.4 is 0 Å². The van der Waals surface area contributed by atoms with Gasteiger partial charge < -0.3 is 14.7 Å². The Morgan fingerprint density at radius 1 is 1.19 bits per heavy atom. The standard InChI is InChI=1S/C22H25BrN2O2/c1-27-18-12-16(13-18)22-24-20-9-8-17(23)14-19(20)21(25(22)10-5-11-26)15-6-3-2-4-7-15/h2-4,6-9,14,16,18,21,26H,5,10-13H2,1H3. The first-order valence-corrected chi connectivity index (χ1v) is 10.3. The fourth-order valence-electron chi connectivity index (χ4n) is 4.11. The number of benzene rings is 2. The predicted octanol–water partition coefficient (Wildman–Crippen LogP) is 4.69. The maximum Gasteiger partial charge on any atom is 0.109 e. The van der Waals surface area contributed by atoms with Gasteiger partial charge in [0.05, 0.1) is 17.8 Å². The molecule has 1 aliphatic carbocycles. The molecule has 1 heterocycles. The average Bonchev–Trinajstić information content (AvgIpc) is 2.66. The van der Waals surface area contributed by atoms with Crippen LogP contribution in [0.2, 0.25) is 0 Å². The molecule has 4 nitrogen and oxygen atoms in total. The van der Waals surface area contributed by atoms with Crippen molar-refractivity contribution in [1.29, 1.82) is 0 Å². The van der Waals surface area contributed by atoms with E-state index in [1.54, 1.807) is 7.11 Å². The van der Waals surface area contributed by atoms with E-state index in [4.69, 9.17) is 9.73 Å². The third-order valence-corrected chi connectivity index (χ3v) is 6.08. The highest BCUT2D eigenvalue weighted by atomic mass is 79.9. The zero-order valence-electron chi connectivity index (χ0n) is 15.5. The van der Waals surface area contributed by atoms with E-state index in [2.05, 4.69) is 69.4 Å². The first-order valence-electron chi connectivity index (χ1n) is 9.54. The van der Waals surface area contributed by atoms with Gasteiger partial charge in [0, 0.05) is 36.2 Å². The second-order valence-electron chi connectivity index (χ2n) is 7.28. The second kappa shape index (κ2) is 8.13. The summed E-state index contributed by atoms with van der Waals surface area (Å²) >= 11 is 3.63. The van der Waals surface area contributed by atoms with Crippen molar-refractivity contribution >= 4 is 27.5 Å². The van der Waals surface area contributed by atoms with E-state index < -0.39 is 0 Å². The van der Waals surface area contributed by atoms with Crippen LogP contribution in [0.15, 0.2) is 58.0 Å². The zero-order chi connectivity index (χ0) is 18.8. The minimum absolute atomic E-state index is 0.111. The molecule has 0 spiro atoms. The molecule has 5 heteroatoms. The Hall–Kier alpha value is -1.69. The summed E-state index contributed by atoms with van der Waals surface area (Å²) in [6, 6.07) is 17.1. The van der Waals surface area contributed by atoms with Gasteiger partial charge >= 0.3 is 0 Å². The van der Waals surface area contributed by atoms with Crippen molar-refractivity contribution in [1.82, 2.24) is 4.90 Å². The summed E-state index contributed by atoms with van der Waals surface area (Å²) in [4.78, 5) is 7.47. The Morgan fingerprint density at radius 2 is 1.96 bits per heavy atom. The van der Waals surface area contributed by atoms with Crippen LogP contribution in [0.1, 0.15) is 36.4 Å². The molecular weight excluding hydrogens is 404 g/mol. The van der Waals surface area contributed by atoms with Gasteiger partial charge in [0.2, 0.25) is 0 Å². The van der Waals surface area contributed by atoms with E-state index in [-0.39, 0.29) is 12.6 Å². The van der Waals surface area contributed by atoms with Gasteiger partial charge in [-0.25, -0.2) is 4.99 Å². The van der Waals surface area contributed by atoms with Crippen molar-refractivity contribution in [3.8, 4) is 0 Å². The number of nitrogens with zero attached hydrogens (tertiary/aromatic N) is 2. The number of hydrogen-bond donors (Lipinski definition) is 1. The third-order valence-electron chi connectivity index (χ3n) is 5.59. The van der Waals surface area contributed by atoms with Gasteiger partial charge in [-0.05, 0) is 43.0 Å². The lowest BCUT2D eigenvalue weighted by atomic mass is 9.79. The van der Waals surface area contributed by atoms with Gasteiger partial charge in [-0.15, -0.1) is 0 Å². The van der Waals surface area contributed by atoms with Gasteiger partial charge in [-0.2, -0.15) is 0 Å². The molecule has 0 amide bonds. The fourth-order valence-corrected chi connectivity index (χ4v) is 4.49. The number of ether oxygens (including phenoxy) is 1. The van der Waals surface area contributed by atoms with Gasteiger partial charge in [-0.3, -0.25) is 0 Å². The Morgan fingerprint density at radius 3 is 2.67 bits per heavy atom. The lowest BCUT2D eigenvalue weighted by Crippen LogP contribution is -2.47. The number of aliphatic hydroxyl groups excluding tert-OH is 1. The Labute approximate surface area is 169 Å². The van der Waals surface area contributed by atoms with Crippen LogP contribution in [-0.2, 0) is 4.74 Å². The lowest BCUT2D eigenvalue weighted by molar-refractivity contribution is 0.0178. The quantitative estimate of drug-likeness (QED) is 0.725. The van der Waals surface area contributed by atoms with Crippen LogP contribution in [0.4, 0.5) is 5.69 Å². The molecule has 2 aromatic rings. The Balaban J connectivity index is 1.79. The fraction of sp³-hybridized carbons (Fsp3) is 0.409. The summed E-state index contributed by atoms with van der Waals surface area (Å²) in [6.45, 7) is 0.969. The van der Waals surface area contributed by atoms with Crippen LogP contribution in [0, 0.1) is 5.92 Å². The molecule has 0 aromatic heterocycles. The molecule has 1 saturated carbocycles. The SMILES string of the molecule is COC1CC(C2=Nc3ccc(Br)cc3C(c3ccccc3)N2CCCO)C1. The highest BCUT2D eigenvalue weighted by Gasteiger charge is 2.40. The maximum absolute atomic E-state index is 9.48. The number of aliphatic imine (C=N–C) groups is 1. The minimum Gasteiger partial charge on any atom is -0.396 e. The predicted molar refractivity (Wildman–Crippen MR) is 111 cm³/mol. The van der Waals surface area contributed by atoms with Crippen LogP contribution >= 0.6 is 15.9 Å². The van der Waals surface area contributed by atoms with Crippen molar-refractivity contribution in [2.24, 2.45) is 10.9 Å². The van der Waals surface area contributed by atoms with E-state index in [1.165, 1.54) is 11.1 Å². The number of fused-ring (bicyclic) bond motifs is 1. The number of methoxy groups -OCH3 is 1. The van der Waals surface area contributed by atoms with E-state index in [0.29, 0.717) is 12.0 Å². The summed E-state index contributed by atoms with van der Waals surface area (Å²) in [5.41, 5.74) is 3.51. The smallest absolute Gasteiger partial charge is 0.109 e. The van der Waals surface area contributed by atoms with E-state index >= 15 is 0 Å². The summed E-state index contributed by atoms with van der Waals surface area (Å²) in [5, 5.41) is 9.48. The van der Waals surface area contributed by atoms with Gasteiger partial charge in [-0.1, -0.05) is 46.3 Å². The van der Waals surface area contributed by atoms with Gasteiger partial charge in [0.25, 0.3) is 0 Å². The summed E-state index contributed by atoms with van der Waals surface area (Å²) < 4.78 is 6.56. The average molecular weight is 429 g/mol. The number of amidine groups is 1. The van der Waals surface area contributed by atoms with Crippen LogP contribution in [0.5, 0.6) is 0 Å². The van der Waals surface area contributed by atoms with Crippen molar-refractivity contribution in [2.75, 3.05) is 20.3 Å². The minimum atomic E-state index is 0.111. The lowest BCUT2D eigenvalue weighted by Gasteiger charge is -2.45. The molecule has 1 fully saturated rings. The second-order valence-corrected chi connectivity index (χ2v) is 8.20. The summed E-state index contributed by atoms with van der Waals surface area (Å²) in [6.07, 6.45) is 3.09. The Bertz CT molecular complexity index is 818. The van der Waals surface area contributed by atoms with Crippen molar-refractivity contribution in [3.63, 3.8) is 0 Å². The Kier molecular flexibility index (Phi) is 5.62. The molecule has 142 valence electrons. The van der Waals surface area contributed by atoms with E-state index in [0.717, 1.165) is 41.8 Å². The molecule has 1 atom stereocenters. The largest absolute Gasteiger partial charge is 0.396 e. The van der Waals surface area contributed by atoms with Crippen LogP contribution in [0.3, 0.4) is 0 Å². The first-order chi connectivity index (χ1) is 13.2. The van der Waals surface area contributed by atoms with Crippen molar-refractivity contribution in [3.05, 3.63) is 64.1 Å². The highest BCUT2D eigenvalue weighted by molar-refractivity contribution is 9.10. The molecule has 1 aliphatic heterocycles. The van der Waals surface area contributed by atoms with Crippen LogP contribution in [-0.4, -0.2) is 42.2 Å². The van der Waals surface area contributed by atoms with Crippen molar-refractivity contribution in [2.45, 2.75) is 31.4 Å². The number of rotatable bonds is 6. The topological polar surface area (TPSA) is 45.1 Å². The number of aliphatic hydroxyl groups is 1. The molecule has 0 radical (unpaired) electrons. The third kappa shape index (κ3) is 3.68. The molecular formula is C22H25BrN2O2. The van der Waals surface area contributed by atoms with E-state index in [9.17, 15) is 5.11 Å². The molecule has 0 bridgehead atoms. The zero-order valence-corrected chi connectivity index (χ0v) is 17.1. The maximum atomic E-state index is 9.48. The highest BCUT2D eigenvalue weighted by Crippen LogP contribution is 2.44. The van der Waals surface area contributed by atoms with Gasteiger partial charge in [0.15, 0.2) is 0 Å². The summed E-state index contributed by atoms with van der Waals surface area (Å²) in [5.74, 6) is 1.55. The van der Waals surface area contributed by atoms with Crippen LogP contribution in [0.25, 0.3) is 0 Å². The molecule has 4 rings (SSSR count). The van der Waals surface area contributed by atoms with E-state index in [1.807, 2.05) is 0 Å². The monoisotopic (exact) mass is 428 g/mol. The molecule has 1 unspecified atom stereocenters. The normalized spacial score (nSPS) is 24.2. The molecule has 1 N–H and O–H groups in total. The number of halogens is 1. The van der Waals surface area contributed by atoms with Gasteiger partial charge in [0.1, 0.15) is 5.84 Å². The number of hydrogen-bond acceptors (Lipinski definition) is 4. The first kappa shape index (κ1) is 18.7. The molecule has 2 aliphatic rings. The summed E-state index contributed by atoms with van der Waals surface area (Å²) in [7, 11) is 1.78. The molecule has 0 saturated heterocycles. The molecule has 2 aromatic carbocycles. The molecule has 27 heavy (non-hydrogen) atoms.